The largest absolute Gasteiger partial charge is 0.504 e. The van der Waals surface area contributed by atoms with E-state index in [4.69, 9.17) is 16.3 Å². The molecule has 0 atom stereocenters. The van der Waals surface area contributed by atoms with Gasteiger partial charge in [-0.2, -0.15) is 0 Å². The number of benzene rings is 1. The normalized spacial score (nSPS) is 10.6. The quantitative estimate of drug-likeness (QED) is 0.889. The van der Waals surface area contributed by atoms with Crippen molar-refractivity contribution in [2.24, 2.45) is 0 Å². The van der Waals surface area contributed by atoms with Crippen LogP contribution < -0.4 is 10.1 Å². The van der Waals surface area contributed by atoms with Gasteiger partial charge in [0.2, 0.25) is 0 Å². The zero-order valence-electron chi connectivity index (χ0n) is 11.5. The highest BCUT2D eigenvalue weighted by atomic mass is 35.5. The zero-order chi connectivity index (χ0) is 14.5. The molecular weight excluding hydrogens is 276 g/mol. The van der Waals surface area contributed by atoms with Crippen LogP contribution in [0.3, 0.4) is 0 Å². The molecule has 0 amide bonds. The van der Waals surface area contributed by atoms with Crippen molar-refractivity contribution in [3.8, 4) is 11.5 Å². The lowest BCUT2D eigenvalue weighted by molar-refractivity contribution is 0.369. The number of nitrogens with one attached hydrogen (secondary N) is 1. The fraction of sp³-hybridized carbons (Fsp3) is 0.267. The van der Waals surface area contributed by atoms with Crippen molar-refractivity contribution in [1.82, 2.24) is 10.3 Å². The molecule has 0 unspecified atom stereocenters. The maximum absolute atomic E-state index is 10.0. The summed E-state index contributed by atoms with van der Waals surface area (Å²) < 4.78 is 5.07. The van der Waals surface area contributed by atoms with Gasteiger partial charge in [0.15, 0.2) is 11.5 Å². The van der Waals surface area contributed by atoms with Gasteiger partial charge in [-0.25, -0.2) is 0 Å². The summed E-state index contributed by atoms with van der Waals surface area (Å²) in [4.78, 5) is 4.23. The first kappa shape index (κ1) is 14.6. The van der Waals surface area contributed by atoms with Gasteiger partial charge in [-0.1, -0.05) is 17.7 Å². The highest BCUT2D eigenvalue weighted by molar-refractivity contribution is 6.30. The van der Waals surface area contributed by atoms with Crippen LogP contribution in [0.2, 0.25) is 5.02 Å². The van der Waals surface area contributed by atoms with E-state index in [1.807, 2.05) is 25.3 Å². The Balaban J connectivity index is 2.00. The Morgan fingerprint density at radius 3 is 2.75 bits per heavy atom. The Bertz CT molecular complexity index is 585. The first-order valence-electron chi connectivity index (χ1n) is 6.28. The number of methoxy groups -OCH3 is 1. The summed E-state index contributed by atoms with van der Waals surface area (Å²) in [6.07, 6.45) is 1.83. The minimum atomic E-state index is 0.117. The van der Waals surface area contributed by atoms with E-state index in [0.29, 0.717) is 29.4 Å². The van der Waals surface area contributed by atoms with Crippen LogP contribution in [0.4, 0.5) is 0 Å². The molecule has 2 rings (SSSR count). The number of aryl methyl sites for hydroxylation is 1. The second-order valence-corrected chi connectivity index (χ2v) is 4.96. The highest BCUT2D eigenvalue weighted by Crippen LogP contribution is 2.33. The van der Waals surface area contributed by atoms with E-state index in [-0.39, 0.29) is 5.75 Å². The SMILES string of the molecule is COc1cc(Cl)cc(CNCc2ccc(C)nc2)c1O. The lowest BCUT2D eigenvalue weighted by Gasteiger charge is -2.11. The predicted octanol–water partition coefficient (Wildman–Crippen LogP) is 3.05. The number of hydrogen-bond donors (Lipinski definition) is 2. The van der Waals surface area contributed by atoms with E-state index in [0.717, 1.165) is 11.3 Å². The van der Waals surface area contributed by atoms with Crippen molar-refractivity contribution in [3.05, 3.63) is 52.3 Å². The van der Waals surface area contributed by atoms with Crippen molar-refractivity contribution in [2.75, 3.05) is 7.11 Å². The third-order valence-electron chi connectivity index (χ3n) is 2.96. The van der Waals surface area contributed by atoms with E-state index in [9.17, 15) is 5.11 Å². The Kier molecular flexibility index (Phi) is 4.82. The molecular formula is C15H17ClN2O2. The fourth-order valence-electron chi connectivity index (χ4n) is 1.86. The van der Waals surface area contributed by atoms with Gasteiger partial charge in [-0.3, -0.25) is 4.98 Å². The molecule has 2 N–H and O–H groups in total. The summed E-state index contributed by atoms with van der Waals surface area (Å²) in [7, 11) is 1.50. The first-order chi connectivity index (χ1) is 9.60. The van der Waals surface area contributed by atoms with Crippen molar-refractivity contribution in [3.63, 3.8) is 0 Å². The number of halogens is 1. The molecule has 0 bridgehead atoms. The van der Waals surface area contributed by atoms with Crippen LogP contribution in [0, 0.1) is 6.92 Å². The topological polar surface area (TPSA) is 54.4 Å². The second kappa shape index (κ2) is 6.59. The molecule has 1 aromatic heterocycles. The molecule has 0 aliphatic carbocycles. The van der Waals surface area contributed by atoms with Gasteiger partial charge in [0.25, 0.3) is 0 Å². The van der Waals surface area contributed by atoms with Gasteiger partial charge < -0.3 is 15.2 Å². The Morgan fingerprint density at radius 1 is 1.30 bits per heavy atom. The smallest absolute Gasteiger partial charge is 0.162 e. The molecule has 1 aromatic carbocycles. The van der Waals surface area contributed by atoms with Crippen LogP contribution >= 0.6 is 11.6 Å². The molecule has 4 nitrogen and oxygen atoms in total. The molecule has 2 aromatic rings. The number of phenolic OH excluding ortho intramolecular Hbond substituents is 1. The zero-order valence-corrected chi connectivity index (χ0v) is 12.2. The van der Waals surface area contributed by atoms with Gasteiger partial charge in [0.05, 0.1) is 7.11 Å². The van der Waals surface area contributed by atoms with Gasteiger partial charge in [-0.15, -0.1) is 0 Å². The Morgan fingerprint density at radius 2 is 2.10 bits per heavy atom. The average molecular weight is 293 g/mol. The van der Waals surface area contributed by atoms with E-state index < -0.39 is 0 Å². The van der Waals surface area contributed by atoms with Gasteiger partial charge in [0.1, 0.15) is 0 Å². The number of nitrogens with zero attached hydrogens (tertiary/aromatic N) is 1. The van der Waals surface area contributed by atoms with Crippen LogP contribution in [-0.2, 0) is 13.1 Å². The summed E-state index contributed by atoms with van der Waals surface area (Å²) in [5.41, 5.74) is 2.78. The van der Waals surface area contributed by atoms with E-state index in [1.165, 1.54) is 7.11 Å². The molecule has 0 spiro atoms. The number of rotatable bonds is 5. The van der Waals surface area contributed by atoms with Crippen LogP contribution in [0.15, 0.2) is 30.5 Å². The van der Waals surface area contributed by atoms with Crippen LogP contribution in [0.5, 0.6) is 11.5 Å². The third-order valence-corrected chi connectivity index (χ3v) is 3.17. The molecule has 5 heteroatoms. The summed E-state index contributed by atoms with van der Waals surface area (Å²) in [5.74, 6) is 0.498. The number of ether oxygens (including phenoxy) is 1. The van der Waals surface area contributed by atoms with E-state index >= 15 is 0 Å². The van der Waals surface area contributed by atoms with Gasteiger partial charge in [-0.05, 0) is 24.6 Å². The van der Waals surface area contributed by atoms with E-state index in [2.05, 4.69) is 10.3 Å². The van der Waals surface area contributed by atoms with Crippen LogP contribution in [-0.4, -0.2) is 17.2 Å². The molecule has 0 aliphatic rings. The minimum Gasteiger partial charge on any atom is -0.504 e. The van der Waals surface area contributed by atoms with Crippen molar-refractivity contribution in [1.29, 1.82) is 0 Å². The molecule has 0 radical (unpaired) electrons. The number of aromatic hydroxyl groups is 1. The molecule has 0 saturated carbocycles. The predicted molar refractivity (Wildman–Crippen MR) is 79.2 cm³/mol. The maximum Gasteiger partial charge on any atom is 0.162 e. The molecule has 0 fully saturated rings. The van der Waals surface area contributed by atoms with E-state index in [1.54, 1.807) is 12.1 Å². The third kappa shape index (κ3) is 3.62. The second-order valence-electron chi connectivity index (χ2n) is 4.53. The summed E-state index contributed by atoms with van der Waals surface area (Å²) >= 11 is 5.99. The molecule has 1 heterocycles. The number of pyridine rings is 1. The number of hydrogen-bond acceptors (Lipinski definition) is 4. The minimum absolute atomic E-state index is 0.117. The molecule has 20 heavy (non-hydrogen) atoms. The monoisotopic (exact) mass is 292 g/mol. The Labute approximate surface area is 123 Å². The van der Waals surface area contributed by atoms with Crippen LogP contribution in [0.25, 0.3) is 0 Å². The fourth-order valence-corrected chi connectivity index (χ4v) is 2.09. The van der Waals surface area contributed by atoms with Crippen LogP contribution in [0.1, 0.15) is 16.8 Å². The van der Waals surface area contributed by atoms with Gasteiger partial charge in [0, 0.05) is 41.6 Å². The molecule has 106 valence electrons. The lowest BCUT2D eigenvalue weighted by Crippen LogP contribution is -2.13. The maximum atomic E-state index is 10.0. The standard InChI is InChI=1S/C15H17ClN2O2/c1-10-3-4-11(8-18-10)7-17-9-12-5-13(16)6-14(20-2)15(12)19/h3-6,8,17,19H,7,9H2,1-2H3. The van der Waals surface area contributed by atoms with Crippen molar-refractivity contribution < 1.29 is 9.84 Å². The summed E-state index contributed by atoms with van der Waals surface area (Å²) in [5, 5.41) is 13.8. The summed E-state index contributed by atoms with van der Waals surface area (Å²) in [6.45, 7) is 3.12. The first-order valence-corrected chi connectivity index (χ1v) is 6.65. The number of phenols is 1. The molecule has 0 aliphatic heterocycles. The Hall–Kier alpha value is -1.78. The summed E-state index contributed by atoms with van der Waals surface area (Å²) in [6, 6.07) is 7.30. The lowest BCUT2D eigenvalue weighted by atomic mass is 10.1. The highest BCUT2D eigenvalue weighted by Gasteiger charge is 2.09. The van der Waals surface area contributed by atoms with Gasteiger partial charge >= 0.3 is 0 Å². The van der Waals surface area contributed by atoms with Crippen molar-refractivity contribution in [2.45, 2.75) is 20.0 Å². The molecule has 0 saturated heterocycles. The van der Waals surface area contributed by atoms with Crippen molar-refractivity contribution >= 4 is 11.6 Å². The average Bonchev–Trinajstić information content (AvgIpc) is 2.44. The number of aromatic nitrogens is 1.